The monoisotopic (exact) mass is 404 g/mol. The highest BCUT2D eigenvalue weighted by Gasteiger charge is 2.39. The van der Waals surface area contributed by atoms with E-state index in [0.717, 1.165) is 10.6 Å². The second-order valence-electron chi connectivity index (χ2n) is 6.16. The van der Waals surface area contributed by atoms with Gasteiger partial charge < -0.3 is 20.1 Å². The number of anilines is 1. The molecule has 0 unspecified atom stereocenters. The van der Waals surface area contributed by atoms with E-state index in [4.69, 9.17) is 9.47 Å². The van der Waals surface area contributed by atoms with Crippen molar-refractivity contribution in [2.24, 2.45) is 0 Å². The number of methoxy groups -OCH3 is 2. The van der Waals surface area contributed by atoms with Crippen LogP contribution < -0.4 is 20.1 Å². The summed E-state index contributed by atoms with van der Waals surface area (Å²) in [6, 6.07) is 3.70. The Bertz CT molecular complexity index is 913. The standard InChI is InChI=1S/C18H20N4O5S/c1-10-9-28-17(19-10)21-15(23)7-12-16(24)22(18(25)20-12)8-11-4-5-13(26-2)14(6-11)27-3/h4-6,9,12H,7-8H2,1-3H3,(H,20,25)(H,19,21,23)/t12-/m0/s1. The van der Waals surface area contributed by atoms with E-state index in [1.54, 1.807) is 18.2 Å². The number of carbonyl (C=O) groups excluding carboxylic acids is 3. The highest BCUT2D eigenvalue weighted by Crippen LogP contribution is 2.28. The molecule has 2 N–H and O–H groups in total. The zero-order valence-corrected chi connectivity index (χ0v) is 16.5. The lowest BCUT2D eigenvalue weighted by atomic mass is 10.1. The number of hydrogen-bond acceptors (Lipinski definition) is 7. The van der Waals surface area contributed by atoms with E-state index in [2.05, 4.69) is 15.6 Å². The van der Waals surface area contributed by atoms with Gasteiger partial charge >= 0.3 is 6.03 Å². The lowest BCUT2D eigenvalue weighted by molar-refractivity contribution is -0.130. The maximum absolute atomic E-state index is 12.6. The van der Waals surface area contributed by atoms with Gasteiger partial charge in [0.1, 0.15) is 6.04 Å². The Morgan fingerprint density at radius 3 is 2.68 bits per heavy atom. The Balaban J connectivity index is 1.64. The van der Waals surface area contributed by atoms with Gasteiger partial charge in [0.15, 0.2) is 16.6 Å². The Morgan fingerprint density at radius 2 is 2.04 bits per heavy atom. The van der Waals surface area contributed by atoms with Crippen molar-refractivity contribution in [2.45, 2.75) is 25.9 Å². The topological polar surface area (TPSA) is 110 Å². The number of ether oxygens (including phenoxy) is 2. The molecule has 2 heterocycles. The molecule has 1 aromatic carbocycles. The Morgan fingerprint density at radius 1 is 1.29 bits per heavy atom. The first-order chi connectivity index (χ1) is 13.4. The second kappa shape index (κ2) is 8.26. The first-order valence-electron chi connectivity index (χ1n) is 8.46. The zero-order valence-electron chi connectivity index (χ0n) is 15.6. The molecule has 1 fully saturated rings. The highest BCUT2D eigenvalue weighted by molar-refractivity contribution is 7.13. The number of urea groups is 1. The molecule has 1 aliphatic heterocycles. The van der Waals surface area contributed by atoms with Crippen molar-refractivity contribution < 1.29 is 23.9 Å². The summed E-state index contributed by atoms with van der Waals surface area (Å²) >= 11 is 1.30. The number of aryl methyl sites for hydroxylation is 1. The van der Waals surface area contributed by atoms with E-state index in [0.29, 0.717) is 22.2 Å². The predicted molar refractivity (Wildman–Crippen MR) is 103 cm³/mol. The van der Waals surface area contributed by atoms with Crippen LogP contribution in [0.3, 0.4) is 0 Å². The third-order valence-electron chi connectivity index (χ3n) is 4.15. The minimum Gasteiger partial charge on any atom is -0.493 e. The van der Waals surface area contributed by atoms with Gasteiger partial charge in [-0.05, 0) is 24.6 Å². The number of rotatable bonds is 7. The van der Waals surface area contributed by atoms with Crippen molar-refractivity contribution in [1.29, 1.82) is 0 Å². The lowest BCUT2D eigenvalue weighted by Gasteiger charge is -2.15. The SMILES string of the molecule is COc1ccc(CN2C(=O)N[C@@H](CC(=O)Nc3nc(C)cs3)C2=O)cc1OC. The van der Waals surface area contributed by atoms with E-state index in [1.165, 1.54) is 25.6 Å². The van der Waals surface area contributed by atoms with Crippen molar-refractivity contribution in [3.63, 3.8) is 0 Å². The van der Waals surface area contributed by atoms with Gasteiger partial charge in [-0.3, -0.25) is 14.5 Å². The average Bonchev–Trinajstić information content (AvgIpc) is 3.19. The molecule has 3 rings (SSSR count). The van der Waals surface area contributed by atoms with Gasteiger partial charge in [0.25, 0.3) is 5.91 Å². The highest BCUT2D eigenvalue weighted by atomic mass is 32.1. The molecular formula is C18H20N4O5S. The molecule has 4 amide bonds. The molecule has 0 saturated carbocycles. The number of hydrogen-bond donors (Lipinski definition) is 2. The molecule has 0 spiro atoms. The van der Waals surface area contributed by atoms with E-state index < -0.39 is 18.0 Å². The molecule has 1 saturated heterocycles. The molecule has 1 aromatic heterocycles. The van der Waals surface area contributed by atoms with Crippen molar-refractivity contribution >= 4 is 34.3 Å². The first-order valence-corrected chi connectivity index (χ1v) is 9.34. The summed E-state index contributed by atoms with van der Waals surface area (Å²) in [7, 11) is 3.03. The van der Waals surface area contributed by atoms with Crippen LogP contribution in [0.4, 0.5) is 9.93 Å². The minimum atomic E-state index is -0.909. The zero-order chi connectivity index (χ0) is 20.3. The number of carbonyl (C=O) groups is 3. The van der Waals surface area contributed by atoms with E-state index in [9.17, 15) is 14.4 Å². The van der Waals surface area contributed by atoms with Crippen LogP contribution >= 0.6 is 11.3 Å². The smallest absolute Gasteiger partial charge is 0.325 e. The molecular weight excluding hydrogens is 384 g/mol. The molecule has 0 aliphatic carbocycles. The van der Waals surface area contributed by atoms with Crippen molar-refractivity contribution in [2.75, 3.05) is 19.5 Å². The normalized spacial score (nSPS) is 16.1. The summed E-state index contributed by atoms with van der Waals surface area (Å²) in [5.74, 6) is 0.211. The summed E-state index contributed by atoms with van der Waals surface area (Å²) < 4.78 is 10.4. The molecule has 9 nitrogen and oxygen atoms in total. The summed E-state index contributed by atoms with van der Waals surface area (Å²) in [6.45, 7) is 1.88. The van der Waals surface area contributed by atoms with Crippen LogP contribution in [0.25, 0.3) is 0 Å². The molecule has 148 valence electrons. The maximum Gasteiger partial charge on any atom is 0.325 e. The quantitative estimate of drug-likeness (QED) is 0.683. The van der Waals surface area contributed by atoms with Gasteiger partial charge in [-0.15, -0.1) is 11.3 Å². The number of nitrogens with one attached hydrogen (secondary N) is 2. The van der Waals surface area contributed by atoms with Gasteiger partial charge in [-0.25, -0.2) is 9.78 Å². The molecule has 2 aromatic rings. The van der Waals surface area contributed by atoms with Gasteiger partial charge in [-0.1, -0.05) is 6.07 Å². The summed E-state index contributed by atoms with van der Waals surface area (Å²) in [6.07, 6.45) is -0.161. The summed E-state index contributed by atoms with van der Waals surface area (Å²) in [4.78, 5) is 42.2. The van der Waals surface area contributed by atoms with Gasteiger partial charge in [-0.2, -0.15) is 0 Å². The molecule has 1 atom stereocenters. The molecule has 10 heteroatoms. The number of benzene rings is 1. The fourth-order valence-corrected chi connectivity index (χ4v) is 3.50. The minimum absolute atomic E-state index is 0.0643. The lowest BCUT2D eigenvalue weighted by Crippen LogP contribution is -2.34. The molecule has 0 radical (unpaired) electrons. The number of aromatic nitrogens is 1. The van der Waals surface area contributed by atoms with Crippen molar-refractivity contribution in [3.05, 3.63) is 34.8 Å². The predicted octanol–water partition coefficient (Wildman–Crippen LogP) is 1.92. The fourth-order valence-electron chi connectivity index (χ4n) is 2.79. The summed E-state index contributed by atoms with van der Waals surface area (Å²) in [5.41, 5.74) is 1.50. The van der Waals surface area contributed by atoms with Crippen LogP contribution in [-0.4, -0.2) is 48.0 Å². The van der Waals surface area contributed by atoms with Crippen molar-refractivity contribution in [3.8, 4) is 11.5 Å². The van der Waals surface area contributed by atoms with Crippen LogP contribution in [0.2, 0.25) is 0 Å². The summed E-state index contributed by atoms with van der Waals surface area (Å²) in [5, 5.41) is 7.45. The van der Waals surface area contributed by atoms with Crippen LogP contribution in [0.15, 0.2) is 23.6 Å². The van der Waals surface area contributed by atoms with E-state index >= 15 is 0 Å². The van der Waals surface area contributed by atoms with Gasteiger partial charge in [0, 0.05) is 5.38 Å². The van der Waals surface area contributed by atoms with Gasteiger partial charge in [0.05, 0.1) is 32.9 Å². The van der Waals surface area contributed by atoms with Crippen LogP contribution in [0, 0.1) is 6.92 Å². The third-order valence-corrected chi connectivity index (χ3v) is 5.03. The van der Waals surface area contributed by atoms with Gasteiger partial charge in [0.2, 0.25) is 5.91 Å². The molecule has 1 aliphatic rings. The van der Waals surface area contributed by atoms with Crippen molar-refractivity contribution in [1.82, 2.24) is 15.2 Å². The number of nitrogens with zero attached hydrogens (tertiary/aromatic N) is 2. The van der Waals surface area contributed by atoms with E-state index in [-0.39, 0.29) is 18.9 Å². The second-order valence-corrected chi connectivity index (χ2v) is 7.02. The average molecular weight is 404 g/mol. The maximum atomic E-state index is 12.6. The van der Waals surface area contributed by atoms with Crippen LogP contribution in [-0.2, 0) is 16.1 Å². The Labute approximate surface area is 165 Å². The van der Waals surface area contributed by atoms with Crippen LogP contribution in [0.5, 0.6) is 11.5 Å². The molecule has 0 bridgehead atoms. The molecule has 28 heavy (non-hydrogen) atoms. The Kier molecular flexibility index (Phi) is 5.78. The first kappa shape index (κ1) is 19.6. The number of thiazole rings is 1. The Hall–Kier alpha value is -3.14. The number of amides is 4. The largest absolute Gasteiger partial charge is 0.493 e. The number of imide groups is 1. The van der Waals surface area contributed by atoms with Crippen LogP contribution in [0.1, 0.15) is 17.7 Å². The fraction of sp³-hybridized carbons (Fsp3) is 0.333. The third kappa shape index (κ3) is 4.22. The van der Waals surface area contributed by atoms with E-state index in [1.807, 2.05) is 12.3 Å².